The van der Waals surface area contributed by atoms with Crippen LogP contribution in [0, 0.1) is 0 Å². The van der Waals surface area contributed by atoms with Gasteiger partial charge in [0.05, 0.1) is 10.5 Å². The van der Waals surface area contributed by atoms with Gasteiger partial charge >= 0.3 is 0 Å². The van der Waals surface area contributed by atoms with Gasteiger partial charge in [-0.15, -0.1) is 11.3 Å². The molecular weight excluding hydrogens is 410 g/mol. The molecule has 1 fully saturated rings. The van der Waals surface area contributed by atoms with E-state index in [2.05, 4.69) is 26.3 Å². The number of likely N-dealkylation sites (tertiary alicyclic amines) is 1. The Bertz CT molecular complexity index is 1070. The number of carbonyl (C=O) groups is 1. The van der Waals surface area contributed by atoms with Crippen LogP contribution in [0.5, 0.6) is 10.8 Å². The predicted octanol–water partition coefficient (Wildman–Crippen LogP) is 3.95. The molecule has 0 saturated carbocycles. The average Bonchev–Trinajstić information content (AvgIpc) is 3.45. The molecular formula is C20H22ClN5O2S. The maximum Gasteiger partial charge on any atom is 0.296 e. The summed E-state index contributed by atoms with van der Waals surface area (Å²) in [6.45, 7) is 3.27. The van der Waals surface area contributed by atoms with Crippen molar-refractivity contribution in [1.82, 2.24) is 15.2 Å². The van der Waals surface area contributed by atoms with Crippen LogP contribution < -0.4 is 15.8 Å². The maximum absolute atomic E-state index is 12.3. The van der Waals surface area contributed by atoms with E-state index in [0.29, 0.717) is 21.7 Å². The molecule has 0 radical (unpaired) electrons. The Kier molecular flexibility index (Phi) is 5.75. The number of nitrogens with one attached hydrogen (secondary N) is 2. The van der Waals surface area contributed by atoms with E-state index in [1.165, 1.54) is 17.7 Å². The van der Waals surface area contributed by atoms with Crippen LogP contribution in [0.2, 0.25) is 5.02 Å². The quantitative estimate of drug-likeness (QED) is 0.420. The molecule has 1 aliphatic rings. The molecule has 0 aliphatic carbocycles. The number of amides is 1. The second kappa shape index (κ2) is 8.44. The third kappa shape index (κ3) is 4.39. The Morgan fingerprint density at radius 3 is 2.90 bits per heavy atom. The van der Waals surface area contributed by atoms with Crippen LogP contribution in [-0.2, 0) is 6.54 Å². The van der Waals surface area contributed by atoms with Gasteiger partial charge in [-0.3, -0.25) is 9.69 Å². The van der Waals surface area contributed by atoms with E-state index in [9.17, 15) is 4.79 Å². The first-order valence-corrected chi connectivity index (χ1v) is 10.6. The van der Waals surface area contributed by atoms with Gasteiger partial charge in [0.15, 0.2) is 16.8 Å². The van der Waals surface area contributed by atoms with Crippen molar-refractivity contribution in [2.45, 2.75) is 19.4 Å². The van der Waals surface area contributed by atoms with Gasteiger partial charge in [-0.05, 0) is 56.3 Å². The van der Waals surface area contributed by atoms with E-state index in [1.807, 2.05) is 6.07 Å². The first kappa shape index (κ1) is 19.8. The summed E-state index contributed by atoms with van der Waals surface area (Å²) in [4.78, 5) is 22.9. The van der Waals surface area contributed by atoms with Crippen LogP contribution in [-0.4, -0.2) is 41.9 Å². The van der Waals surface area contributed by atoms with Crippen molar-refractivity contribution < 1.29 is 9.53 Å². The molecule has 7 nitrogen and oxygen atoms in total. The van der Waals surface area contributed by atoms with Crippen molar-refractivity contribution in [3.8, 4) is 10.8 Å². The second-order valence-corrected chi connectivity index (χ2v) is 8.41. The van der Waals surface area contributed by atoms with E-state index in [0.717, 1.165) is 24.7 Å². The zero-order valence-corrected chi connectivity index (χ0v) is 17.6. The van der Waals surface area contributed by atoms with Gasteiger partial charge in [0, 0.05) is 23.9 Å². The third-order valence-electron chi connectivity index (χ3n) is 4.84. The molecule has 1 saturated heterocycles. The summed E-state index contributed by atoms with van der Waals surface area (Å²) < 4.78 is 6.11. The summed E-state index contributed by atoms with van der Waals surface area (Å²) in [6, 6.07) is 9.28. The number of hydrogen-bond acceptors (Lipinski definition) is 4. The Morgan fingerprint density at radius 1 is 1.34 bits per heavy atom. The number of halogens is 1. The van der Waals surface area contributed by atoms with Crippen LogP contribution in [0.1, 0.15) is 28.2 Å². The summed E-state index contributed by atoms with van der Waals surface area (Å²) in [5.41, 5.74) is 6.52. The molecule has 9 heteroatoms. The number of nitrogens with zero attached hydrogens (tertiary/aromatic N) is 2. The van der Waals surface area contributed by atoms with E-state index in [4.69, 9.17) is 22.1 Å². The van der Waals surface area contributed by atoms with E-state index >= 15 is 0 Å². The number of aromatic amines is 1. The van der Waals surface area contributed by atoms with Crippen LogP contribution in [0.4, 0.5) is 0 Å². The highest BCUT2D eigenvalue weighted by Crippen LogP contribution is 2.37. The number of ether oxygens (including phenoxy) is 1. The lowest BCUT2D eigenvalue weighted by Gasteiger charge is -2.12. The minimum absolute atomic E-state index is 0.0420. The largest absolute Gasteiger partial charge is 0.444 e. The number of rotatable bonds is 5. The number of hydrogen-bond donors (Lipinski definition) is 3. The number of nitrogens with two attached hydrogens (primary N) is 1. The van der Waals surface area contributed by atoms with Crippen molar-refractivity contribution in [2.24, 2.45) is 10.7 Å². The zero-order valence-electron chi connectivity index (χ0n) is 16.0. The lowest BCUT2D eigenvalue weighted by Crippen LogP contribution is -2.28. The van der Waals surface area contributed by atoms with Gasteiger partial charge in [-0.1, -0.05) is 11.6 Å². The summed E-state index contributed by atoms with van der Waals surface area (Å²) in [5.74, 6) is 0.156. The monoisotopic (exact) mass is 431 g/mol. The number of H-pyrrole nitrogens is 1. The Morgan fingerprint density at radius 2 is 2.14 bits per heavy atom. The number of thiophene rings is 1. The molecule has 1 aromatic carbocycles. The molecule has 4 N–H and O–H groups in total. The standard InChI is InChI=1S/C20H22ClN5O2S/c1-23-20(22)25-19(27)15-10-13-14(21)5-6-16(18(13)24-15)28-17-7-4-12(29-17)11-26-8-2-3-9-26/h4-7,10,24H,2-3,8-9,11H2,1H3,(H3,22,23,25,27). The fourth-order valence-electron chi connectivity index (χ4n) is 3.35. The van der Waals surface area contributed by atoms with Gasteiger partial charge in [0.1, 0.15) is 5.69 Å². The van der Waals surface area contributed by atoms with Crippen LogP contribution in [0.3, 0.4) is 0 Å². The molecule has 1 aliphatic heterocycles. The molecule has 0 spiro atoms. The molecule has 0 atom stereocenters. The predicted molar refractivity (Wildman–Crippen MR) is 117 cm³/mol. The molecule has 3 heterocycles. The van der Waals surface area contributed by atoms with Crippen LogP contribution in [0.25, 0.3) is 10.9 Å². The highest BCUT2D eigenvalue weighted by Gasteiger charge is 2.17. The summed E-state index contributed by atoms with van der Waals surface area (Å²) in [6.07, 6.45) is 2.55. The Hall–Kier alpha value is -2.55. The van der Waals surface area contributed by atoms with Gasteiger partial charge in [0.2, 0.25) is 0 Å². The smallest absolute Gasteiger partial charge is 0.296 e. The van der Waals surface area contributed by atoms with Crippen molar-refractivity contribution in [1.29, 1.82) is 0 Å². The average molecular weight is 432 g/mol. The Labute approximate surface area is 177 Å². The lowest BCUT2D eigenvalue weighted by atomic mass is 10.2. The van der Waals surface area contributed by atoms with Gasteiger partial charge in [-0.25, -0.2) is 0 Å². The number of fused-ring (bicyclic) bond motifs is 1. The number of aromatic nitrogens is 1. The highest BCUT2D eigenvalue weighted by molar-refractivity contribution is 7.13. The molecule has 0 bridgehead atoms. The fourth-order valence-corrected chi connectivity index (χ4v) is 4.47. The van der Waals surface area contributed by atoms with Crippen molar-refractivity contribution in [3.05, 3.63) is 45.9 Å². The van der Waals surface area contributed by atoms with Crippen molar-refractivity contribution in [3.63, 3.8) is 0 Å². The number of benzene rings is 1. The summed E-state index contributed by atoms with van der Waals surface area (Å²) >= 11 is 7.95. The highest BCUT2D eigenvalue weighted by atomic mass is 35.5. The molecule has 1 amide bonds. The minimum atomic E-state index is -0.487. The number of guanidine groups is 1. The molecule has 0 unspecified atom stereocenters. The van der Waals surface area contributed by atoms with E-state index in [-0.39, 0.29) is 11.7 Å². The van der Waals surface area contributed by atoms with E-state index < -0.39 is 5.91 Å². The van der Waals surface area contributed by atoms with Crippen molar-refractivity contribution in [2.75, 3.05) is 20.1 Å². The maximum atomic E-state index is 12.3. The third-order valence-corrected chi connectivity index (χ3v) is 6.11. The topological polar surface area (TPSA) is 95.7 Å². The normalized spacial score (nSPS) is 15.2. The molecule has 3 aromatic rings. The molecule has 29 heavy (non-hydrogen) atoms. The van der Waals surface area contributed by atoms with Crippen LogP contribution in [0.15, 0.2) is 35.3 Å². The lowest BCUT2D eigenvalue weighted by molar-refractivity contribution is 0.0998. The van der Waals surface area contributed by atoms with Gasteiger partial charge in [-0.2, -0.15) is 4.99 Å². The second-order valence-electron chi connectivity index (χ2n) is 6.88. The Balaban J connectivity index is 1.58. The molecule has 152 valence electrons. The number of aliphatic imine (C=N–C) groups is 1. The number of carbonyl (C=O) groups excluding carboxylic acids is 1. The van der Waals surface area contributed by atoms with Crippen LogP contribution >= 0.6 is 22.9 Å². The fraction of sp³-hybridized carbons (Fsp3) is 0.300. The van der Waals surface area contributed by atoms with Gasteiger partial charge in [0.25, 0.3) is 5.91 Å². The SMILES string of the molecule is CNC(N)=NC(=O)c1cc2c(Cl)ccc(Oc3ccc(CN4CCCC4)s3)c2[nH]1. The van der Waals surface area contributed by atoms with Gasteiger partial charge < -0.3 is 20.8 Å². The summed E-state index contributed by atoms with van der Waals surface area (Å²) in [5, 5.41) is 4.63. The zero-order chi connectivity index (χ0) is 20.4. The first-order valence-electron chi connectivity index (χ1n) is 9.40. The van der Waals surface area contributed by atoms with Crippen molar-refractivity contribution >= 4 is 45.7 Å². The molecule has 4 rings (SSSR count). The summed E-state index contributed by atoms with van der Waals surface area (Å²) in [7, 11) is 1.60. The first-order chi connectivity index (χ1) is 14.0. The van der Waals surface area contributed by atoms with E-state index in [1.54, 1.807) is 36.6 Å². The minimum Gasteiger partial charge on any atom is -0.444 e. The molecule has 2 aromatic heterocycles.